The van der Waals surface area contributed by atoms with Gasteiger partial charge in [0, 0.05) is 44.6 Å². The predicted molar refractivity (Wildman–Crippen MR) is 168 cm³/mol. The molecule has 6 aromatic carbocycles. The van der Waals surface area contributed by atoms with Crippen molar-refractivity contribution in [1.29, 1.82) is 0 Å². The van der Waals surface area contributed by atoms with Crippen LogP contribution in [0.2, 0.25) is 0 Å². The second-order valence-electron chi connectivity index (χ2n) is 10.5. The molecule has 0 N–H and O–H groups in total. The van der Waals surface area contributed by atoms with Gasteiger partial charge in [-0.15, -0.1) is 0 Å². The van der Waals surface area contributed by atoms with E-state index in [-0.39, 0.29) is 0 Å². The summed E-state index contributed by atoms with van der Waals surface area (Å²) >= 11 is 0. The maximum atomic E-state index is 7.32. The highest BCUT2D eigenvalue weighted by Gasteiger charge is 2.38. The van der Waals surface area contributed by atoms with Crippen LogP contribution in [0, 0.1) is 0 Å². The van der Waals surface area contributed by atoms with Gasteiger partial charge in [-0.1, -0.05) is 109 Å². The molecule has 3 heteroatoms. The minimum Gasteiger partial charge on any atom is -0.497 e. The second kappa shape index (κ2) is 9.14. The van der Waals surface area contributed by atoms with Crippen molar-refractivity contribution in [3.63, 3.8) is 0 Å². The van der Waals surface area contributed by atoms with E-state index in [1.54, 1.807) is 7.11 Å². The molecule has 0 aliphatic carbocycles. The fraction of sp³-hybridized carbons (Fsp3) is 0.0526. The van der Waals surface area contributed by atoms with Gasteiger partial charge in [-0.2, -0.15) is 0 Å². The highest BCUT2D eigenvalue weighted by molar-refractivity contribution is 6.25. The third-order valence-electron chi connectivity index (χ3n) is 8.28. The Morgan fingerprint density at radius 1 is 0.634 bits per heavy atom. The molecule has 2 heterocycles. The first-order chi connectivity index (χ1) is 20.3. The SMILES string of the molecule is COc1cccc(-n2c3ccccc3c3c4ccccc4c4c(c32)C=CC(c2ccccc2)(c2ccccc2)O4)c1. The Kier molecular flexibility index (Phi) is 5.26. The number of ether oxygens (including phenoxy) is 2. The van der Waals surface area contributed by atoms with Crippen molar-refractivity contribution in [3.05, 3.63) is 156 Å². The van der Waals surface area contributed by atoms with E-state index < -0.39 is 5.60 Å². The molecule has 0 saturated carbocycles. The molecule has 1 aromatic heterocycles. The lowest BCUT2D eigenvalue weighted by molar-refractivity contribution is 0.164. The number of methoxy groups -OCH3 is 1. The molecule has 41 heavy (non-hydrogen) atoms. The molecule has 1 aliphatic rings. The zero-order chi connectivity index (χ0) is 27.4. The molecule has 0 fully saturated rings. The molecule has 0 spiro atoms. The molecule has 0 radical (unpaired) electrons. The van der Waals surface area contributed by atoms with Crippen LogP contribution >= 0.6 is 0 Å². The average Bonchev–Trinajstić information content (AvgIpc) is 3.41. The Labute approximate surface area is 238 Å². The number of hydrogen-bond donors (Lipinski definition) is 0. The van der Waals surface area contributed by atoms with Gasteiger partial charge in [-0.25, -0.2) is 0 Å². The van der Waals surface area contributed by atoms with Crippen LogP contribution in [0.3, 0.4) is 0 Å². The lowest BCUT2D eigenvalue weighted by Gasteiger charge is -2.37. The van der Waals surface area contributed by atoms with E-state index in [0.29, 0.717) is 0 Å². The van der Waals surface area contributed by atoms with Crippen LogP contribution in [0.25, 0.3) is 44.3 Å². The Hall–Kier alpha value is -5.28. The Morgan fingerprint density at radius 2 is 1.27 bits per heavy atom. The molecule has 0 atom stereocenters. The molecule has 196 valence electrons. The van der Waals surface area contributed by atoms with Gasteiger partial charge >= 0.3 is 0 Å². The summed E-state index contributed by atoms with van der Waals surface area (Å²) < 4.78 is 15.3. The maximum absolute atomic E-state index is 7.32. The van der Waals surface area contributed by atoms with E-state index in [1.165, 1.54) is 16.2 Å². The van der Waals surface area contributed by atoms with Gasteiger partial charge in [0.05, 0.1) is 18.1 Å². The van der Waals surface area contributed by atoms with Gasteiger partial charge in [-0.05, 0) is 35.7 Å². The summed E-state index contributed by atoms with van der Waals surface area (Å²) in [5, 5.41) is 4.70. The minimum atomic E-state index is -0.765. The molecule has 1 aliphatic heterocycles. The standard InChI is InChI=1S/C38H27NO2/c1-40-29-18-12-17-28(25-29)39-34-22-11-10-21-32(34)35-30-19-8-9-20-31(30)37-33(36(35)39)23-24-38(41-37,26-13-4-2-5-14-26)27-15-6-3-7-16-27/h2-25H,1H3. The summed E-state index contributed by atoms with van der Waals surface area (Å²) in [7, 11) is 1.71. The molecule has 0 saturated heterocycles. The summed E-state index contributed by atoms with van der Waals surface area (Å²) in [6.07, 6.45) is 4.49. The predicted octanol–water partition coefficient (Wildman–Crippen LogP) is 9.29. The van der Waals surface area contributed by atoms with Crippen LogP contribution in [0.4, 0.5) is 0 Å². The van der Waals surface area contributed by atoms with Crippen LogP contribution in [0.15, 0.2) is 140 Å². The Morgan fingerprint density at radius 3 is 1.98 bits per heavy atom. The van der Waals surface area contributed by atoms with Crippen LogP contribution in [0.1, 0.15) is 16.7 Å². The number of aromatic nitrogens is 1. The van der Waals surface area contributed by atoms with Gasteiger partial charge in [0.25, 0.3) is 0 Å². The number of benzene rings is 6. The van der Waals surface area contributed by atoms with Crippen molar-refractivity contribution in [2.75, 3.05) is 7.11 Å². The van der Waals surface area contributed by atoms with Crippen LogP contribution in [-0.2, 0) is 5.60 Å². The van der Waals surface area contributed by atoms with Crippen LogP contribution in [-0.4, -0.2) is 11.7 Å². The third kappa shape index (κ3) is 3.46. The fourth-order valence-electron chi connectivity index (χ4n) is 6.45. The highest BCUT2D eigenvalue weighted by Crippen LogP contribution is 2.50. The smallest absolute Gasteiger partial charge is 0.178 e. The summed E-state index contributed by atoms with van der Waals surface area (Å²) in [6, 6.07) is 46.5. The van der Waals surface area contributed by atoms with Gasteiger partial charge < -0.3 is 14.0 Å². The molecule has 0 amide bonds. The average molecular weight is 530 g/mol. The monoisotopic (exact) mass is 529 g/mol. The summed E-state index contributed by atoms with van der Waals surface area (Å²) in [6.45, 7) is 0. The number of para-hydroxylation sites is 1. The van der Waals surface area contributed by atoms with E-state index >= 15 is 0 Å². The topological polar surface area (TPSA) is 23.4 Å². The number of hydrogen-bond acceptors (Lipinski definition) is 2. The number of rotatable bonds is 4. The first-order valence-electron chi connectivity index (χ1n) is 13.9. The Balaban J connectivity index is 1.52. The van der Waals surface area contributed by atoms with Crippen molar-refractivity contribution in [3.8, 4) is 17.2 Å². The van der Waals surface area contributed by atoms with Gasteiger partial charge in [0.1, 0.15) is 11.5 Å². The normalized spacial score (nSPS) is 13.8. The first-order valence-corrected chi connectivity index (χ1v) is 13.9. The second-order valence-corrected chi connectivity index (χ2v) is 10.5. The molecule has 7 aromatic rings. The van der Waals surface area contributed by atoms with E-state index in [0.717, 1.165) is 50.3 Å². The molecule has 0 unspecified atom stereocenters. The summed E-state index contributed by atoms with van der Waals surface area (Å²) in [4.78, 5) is 0. The minimum absolute atomic E-state index is 0.765. The van der Waals surface area contributed by atoms with E-state index in [1.807, 2.05) is 24.3 Å². The van der Waals surface area contributed by atoms with Crippen molar-refractivity contribution in [1.82, 2.24) is 4.57 Å². The lowest BCUT2D eigenvalue weighted by atomic mass is 9.83. The van der Waals surface area contributed by atoms with E-state index in [9.17, 15) is 0 Å². The van der Waals surface area contributed by atoms with E-state index in [2.05, 4.69) is 126 Å². The highest BCUT2D eigenvalue weighted by atomic mass is 16.5. The van der Waals surface area contributed by atoms with E-state index in [4.69, 9.17) is 9.47 Å². The molecular formula is C38H27NO2. The molecular weight excluding hydrogens is 502 g/mol. The lowest BCUT2D eigenvalue weighted by Crippen LogP contribution is -2.34. The maximum Gasteiger partial charge on any atom is 0.178 e. The van der Waals surface area contributed by atoms with Crippen molar-refractivity contribution < 1.29 is 9.47 Å². The fourth-order valence-corrected chi connectivity index (χ4v) is 6.45. The van der Waals surface area contributed by atoms with Crippen molar-refractivity contribution in [2.24, 2.45) is 0 Å². The van der Waals surface area contributed by atoms with Crippen LogP contribution < -0.4 is 9.47 Å². The van der Waals surface area contributed by atoms with Crippen LogP contribution in [0.5, 0.6) is 11.5 Å². The van der Waals surface area contributed by atoms with Gasteiger partial charge in [0.15, 0.2) is 5.60 Å². The quantitative estimate of drug-likeness (QED) is 0.227. The summed E-state index contributed by atoms with van der Waals surface area (Å²) in [5.41, 5.74) is 5.80. The molecule has 8 rings (SSSR count). The van der Waals surface area contributed by atoms with Crippen molar-refractivity contribution >= 4 is 38.7 Å². The van der Waals surface area contributed by atoms with Gasteiger partial charge in [-0.3, -0.25) is 0 Å². The molecule has 0 bridgehead atoms. The van der Waals surface area contributed by atoms with Crippen molar-refractivity contribution in [2.45, 2.75) is 5.60 Å². The van der Waals surface area contributed by atoms with Gasteiger partial charge in [0.2, 0.25) is 0 Å². The largest absolute Gasteiger partial charge is 0.497 e. The third-order valence-corrected chi connectivity index (χ3v) is 8.28. The molecule has 3 nitrogen and oxygen atoms in total. The zero-order valence-electron chi connectivity index (χ0n) is 22.6. The number of nitrogens with zero attached hydrogens (tertiary/aromatic N) is 1. The Bertz CT molecular complexity index is 2070. The number of fused-ring (bicyclic) bond motifs is 8. The zero-order valence-corrected chi connectivity index (χ0v) is 22.6. The summed E-state index contributed by atoms with van der Waals surface area (Å²) in [5.74, 6) is 1.71. The first kappa shape index (κ1) is 23.6.